The number of ether oxygens (including phenoxy) is 2. The lowest BCUT2D eigenvalue weighted by Gasteiger charge is -2.19. The van der Waals surface area contributed by atoms with Gasteiger partial charge in [0, 0.05) is 34.9 Å². The van der Waals surface area contributed by atoms with E-state index in [9.17, 15) is 4.79 Å². The summed E-state index contributed by atoms with van der Waals surface area (Å²) in [6.07, 6.45) is 5.85. The van der Waals surface area contributed by atoms with Gasteiger partial charge in [-0.2, -0.15) is 0 Å². The normalized spacial score (nSPS) is 14.1. The van der Waals surface area contributed by atoms with Crippen molar-refractivity contribution in [2.75, 3.05) is 13.2 Å². The van der Waals surface area contributed by atoms with Crippen molar-refractivity contribution >= 4 is 38.7 Å². The molecule has 5 nitrogen and oxygen atoms in total. The van der Waals surface area contributed by atoms with E-state index < -0.39 is 16.1 Å². The molecule has 4 rings (SSSR count). The van der Waals surface area contributed by atoms with Gasteiger partial charge < -0.3 is 9.47 Å². The van der Waals surface area contributed by atoms with E-state index in [0.29, 0.717) is 18.6 Å². The average Bonchev–Trinajstić information content (AvgIpc) is 2.84. The zero-order chi connectivity index (χ0) is 26.6. The van der Waals surface area contributed by atoms with Gasteiger partial charge in [-0.25, -0.2) is 4.98 Å². The predicted octanol–water partition coefficient (Wildman–Crippen LogP) is 7.05. The SMILES string of the molecule is C[Si](C)(C)CCOCc1cc(C2=Cc3ccccc3CC2)cc2c(=O)n(COCC[Si](C)(C)C)cnc12. The van der Waals surface area contributed by atoms with Crippen molar-refractivity contribution in [1.82, 2.24) is 9.55 Å². The molecule has 3 aromatic rings. The van der Waals surface area contributed by atoms with Crippen LogP contribution in [0.1, 0.15) is 28.7 Å². The van der Waals surface area contributed by atoms with Crippen molar-refractivity contribution in [3.05, 3.63) is 75.3 Å². The van der Waals surface area contributed by atoms with Gasteiger partial charge >= 0.3 is 0 Å². The highest BCUT2D eigenvalue weighted by Gasteiger charge is 2.18. The van der Waals surface area contributed by atoms with Crippen LogP contribution in [-0.4, -0.2) is 38.9 Å². The Morgan fingerprint density at radius 2 is 1.62 bits per heavy atom. The van der Waals surface area contributed by atoms with E-state index in [4.69, 9.17) is 14.5 Å². The summed E-state index contributed by atoms with van der Waals surface area (Å²) in [7, 11) is -2.37. The molecular weight excluding hydrogens is 493 g/mol. The van der Waals surface area contributed by atoms with Gasteiger partial charge in [-0.1, -0.05) is 69.6 Å². The maximum absolute atomic E-state index is 13.6. The highest BCUT2D eigenvalue weighted by atomic mass is 28.3. The van der Waals surface area contributed by atoms with Crippen LogP contribution in [0.15, 0.2) is 47.5 Å². The fourth-order valence-corrected chi connectivity index (χ4v) is 6.01. The first-order chi connectivity index (χ1) is 17.5. The van der Waals surface area contributed by atoms with Gasteiger partial charge in [0.1, 0.15) is 13.1 Å². The van der Waals surface area contributed by atoms with Gasteiger partial charge in [-0.3, -0.25) is 9.36 Å². The standard InChI is InChI=1S/C30H42N2O3Si2/c1-36(2,3)15-13-34-20-27-18-26(25-12-11-23-9-7-8-10-24(23)17-25)19-28-29(27)31-21-32(30(28)33)22-35-14-16-37(4,5)6/h7-10,17-19,21H,11-16,20,22H2,1-6H3. The Morgan fingerprint density at radius 1 is 0.919 bits per heavy atom. The zero-order valence-corrected chi connectivity index (χ0v) is 25.4. The molecule has 0 radical (unpaired) electrons. The Labute approximate surface area is 223 Å². The second kappa shape index (κ2) is 11.6. The molecule has 0 amide bonds. The quantitative estimate of drug-likeness (QED) is 0.195. The number of allylic oxidation sites excluding steroid dienone is 1. The van der Waals surface area contributed by atoms with Gasteiger partial charge in [-0.15, -0.1) is 0 Å². The lowest BCUT2D eigenvalue weighted by Crippen LogP contribution is -2.25. The van der Waals surface area contributed by atoms with E-state index in [1.165, 1.54) is 16.7 Å². The van der Waals surface area contributed by atoms with E-state index in [2.05, 4.69) is 75.7 Å². The zero-order valence-electron chi connectivity index (χ0n) is 23.4. The fourth-order valence-electron chi connectivity index (χ4n) is 4.49. The van der Waals surface area contributed by atoms with E-state index in [1.54, 1.807) is 10.9 Å². The molecule has 2 aromatic carbocycles. The van der Waals surface area contributed by atoms with Gasteiger partial charge in [-0.05, 0) is 59.3 Å². The number of rotatable bonds is 11. The second-order valence-electron chi connectivity index (χ2n) is 12.6. The van der Waals surface area contributed by atoms with Crippen LogP contribution in [0.2, 0.25) is 51.4 Å². The van der Waals surface area contributed by atoms with E-state index >= 15 is 0 Å². The third kappa shape index (κ3) is 7.60. The molecule has 1 aliphatic carbocycles. The lowest BCUT2D eigenvalue weighted by atomic mass is 9.88. The number of benzene rings is 2. The Morgan fingerprint density at radius 3 is 2.35 bits per heavy atom. The first-order valence-electron chi connectivity index (χ1n) is 13.5. The molecule has 1 aliphatic rings. The number of nitrogens with zero attached hydrogens (tertiary/aromatic N) is 2. The van der Waals surface area contributed by atoms with Crippen LogP contribution < -0.4 is 5.56 Å². The van der Waals surface area contributed by atoms with Crippen molar-refractivity contribution in [2.45, 2.75) is 77.5 Å². The van der Waals surface area contributed by atoms with Crippen molar-refractivity contribution in [2.24, 2.45) is 0 Å². The molecule has 7 heteroatoms. The third-order valence-corrected chi connectivity index (χ3v) is 10.3. The molecule has 37 heavy (non-hydrogen) atoms. The Kier molecular flexibility index (Phi) is 8.68. The van der Waals surface area contributed by atoms with Crippen molar-refractivity contribution < 1.29 is 9.47 Å². The summed E-state index contributed by atoms with van der Waals surface area (Å²) in [5.41, 5.74) is 6.63. The lowest BCUT2D eigenvalue weighted by molar-refractivity contribution is 0.0844. The molecule has 1 aromatic heterocycles. The molecule has 0 fully saturated rings. The summed E-state index contributed by atoms with van der Waals surface area (Å²) in [6.45, 7) is 16.1. The Hall–Kier alpha value is -2.33. The van der Waals surface area contributed by atoms with Crippen LogP contribution >= 0.6 is 0 Å². The molecule has 0 atom stereocenters. The van der Waals surface area contributed by atoms with E-state index in [-0.39, 0.29) is 12.3 Å². The topological polar surface area (TPSA) is 53.4 Å². The van der Waals surface area contributed by atoms with E-state index in [0.717, 1.165) is 48.2 Å². The van der Waals surface area contributed by atoms with Gasteiger partial charge in [0.2, 0.25) is 0 Å². The molecule has 198 valence electrons. The van der Waals surface area contributed by atoms with Crippen LogP contribution in [0.4, 0.5) is 0 Å². The average molecular weight is 535 g/mol. The minimum Gasteiger partial charge on any atom is -0.377 e. The van der Waals surface area contributed by atoms with Crippen molar-refractivity contribution in [3.63, 3.8) is 0 Å². The summed E-state index contributed by atoms with van der Waals surface area (Å²) < 4.78 is 13.6. The summed E-state index contributed by atoms with van der Waals surface area (Å²) in [6, 6.07) is 14.9. The minimum atomic E-state index is -1.19. The first-order valence-corrected chi connectivity index (χ1v) is 20.9. The maximum atomic E-state index is 13.6. The van der Waals surface area contributed by atoms with Gasteiger partial charge in [0.15, 0.2) is 0 Å². The van der Waals surface area contributed by atoms with Gasteiger partial charge in [0.05, 0.1) is 17.5 Å². The minimum absolute atomic E-state index is 0.0555. The number of aryl methyl sites for hydroxylation is 1. The number of hydrogen-bond donors (Lipinski definition) is 0. The predicted molar refractivity (Wildman–Crippen MR) is 161 cm³/mol. The molecule has 0 N–H and O–H groups in total. The summed E-state index contributed by atoms with van der Waals surface area (Å²) in [5.74, 6) is 0. The van der Waals surface area contributed by atoms with Crippen molar-refractivity contribution in [3.8, 4) is 0 Å². The molecule has 0 saturated carbocycles. The second-order valence-corrected chi connectivity index (χ2v) is 23.9. The summed E-state index contributed by atoms with van der Waals surface area (Å²) in [4.78, 5) is 18.3. The molecule has 0 aliphatic heterocycles. The molecule has 0 unspecified atom stereocenters. The maximum Gasteiger partial charge on any atom is 0.263 e. The van der Waals surface area contributed by atoms with Crippen molar-refractivity contribution in [1.29, 1.82) is 0 Å². The molecular formula is C30H42N2O3Si2. The Bertz CT molecular complexity index is 1330. The molecule has 0 saturated heterocycles. The van der Waals surface area contributed by atoms with E-state index in [1.807, 2.05) is 6.07 Å². The van der Waals surface area contributed by atoms with Crippen LogP contribution in [-0.2, 0) is 29.2 Å². The van der Waals surface area contributed by atoms with Crippen LogP contribution in [0.5, 0.6) is 0 Å². The molecule has 1 heterocycles. The highest BCUT2D eigenvalue weighted by molar-refractivity contribution is 6.76. The first kappa shape index (κ1) is 27.7. The molecule has 0 bridgehead atoms. The monoisotopic (exact) mass is 534 g/mol. The number of hydrogen-bond acceptors (Lipinski definition) is 4. The van der Waals surface area contributed by atoms with Crippen LogP contribution in [0.25, 0.3) is 22.6 Å². The van der Waals surface area contributed by atoms with Crippen LogP contribution in [0.3, 0.4) is 0 Å². The number of aromatic nitrogens is 2. The fraction of sp³-hybridized carbons (Fsp3) is 0.467. The summed E-state index contributed by atoms with van der Waals surface area (Å²) in [5, 5.41) is 0.636. The summed E-state index contributed by atoms with van der Waals surface area (Å²) >= 11 is 0. The Balaban J connectivity index is 1.66. The van der Waals surface area contributed by atoms with Gasteiger partial charge in [0.25, 0.3) is 5.56 Å². The highest BCUT2D eigenvalue weighted by Crippen LogP contribution is 2.32. The third-order valence-electron chi connectivity index (χ3n) is 6.91. The number of fused-ring (bicyclic) bond motifs is 2. The largest absolute Gasteiger partial charge is 0.377 e. The smallest absolute Gasteiger partial charge is 0.263 e. The molecule has 0 spiro atoms. The van der Waals surface area contributed by atoms with Crippen LogP contribution in [0, 0.1) is 0 Å².